The monoisotopic (exact) mass is 195 g/mol. The molecule has 2 N–H and O–H groups in total. The first-order valence-electron chi connectivity index (χ1n) is 6.54. The van der Waals surface area contributed by atoms with E-state index in [1.54, 1.807) is 0 Å². The second-order valence-electron chi connectivity index (χ2n) is 5.53. The van der Waals surface area contributed by atoms with Gasteiger partial charge in [0.25, 0.3) is 0 Å². The molecular formula is C13H25N. The highest BCUT2D eigenvalue weighted by Crippen LogP contribution is 2.38. The molecule has 1 heteroatoms. The fourth-order valence-corrected chi connectivity index (χ4v) is 3.23. The largest absolute Gasteiger partial charge is 0.327 e. The number of rotatable bonds is 3. The maximum atomic E-state index is 6.40. The third-order valence-electron chi connectivity index (χ3n) is 4.69. The Morgan fingerprint density at radius 2 is 1.43 bits per heavy atom. The van der Waals surface area contributed by atoms with E-state index in [4.69, 9.17) is 5.73 Å². The molecule has 0 amide bonds. The van der Waals surface area contributed by atoms with Crippen molar-refractivity contribution in [3.05, 3.63) is 0 Å². The maximum Gasteiger partial charge on any atom is 0.00956 e. The van der Waals surface area contributed by atoms with E-state index in [2.05, 4.69) is 6.92 Å². The van der Waals surface area contributed by atoms with Crippen LogP contribution >= 0.6 is 0 Å². The fraction of sp³-hybridized carbons (Fsp3) is 1.00. The van der Waals surface area contributed by atoms with Gasteiger partial charge in [-0.1, -0.05) is 45.4 Å². The predicted molar refractivity (Wildman–Crippen MR) is 61.1 cm³/mol. The first kappa shape index (κ1) is 10.5. The molecule has 0 aromatic rings. The Bertz CT molecular complexity index is 166. The van der Waals surface area contributed by atoms with E-state index >= 15 is 0 Å². The van der Waals surface area contributed by atoms with Gasteiger partial charge in [-0.3, -0.25) is 0 Å². The van der Waals surface area contributed by atoms with E-state index in [1.807, 2.05) is 0 Å². The number of hydrogen-bond acceptors (Lipinski definition) is 1. The average Bonchev–Trinajstić information content (AvgIpc) is 2.15. The molecule has 2 aliphatic rings. The zero-order chi connectivity index (χ0) is 9.97. The first-order valence-corrected chi connectivity index (χ1v) is 6.54. The van der Waals surface area contributed by atoms with Crippen LogP contribution in [-0.4, -0.2) is 6.04 Å². The SMILES string of the molecule is CC(C1CCC1)C(N)C1CCCCC1. The van der Waals surface area contributed by atoms with Gasteiger partial charge in [-0.2, -0.15) is 0 Å². The van der Waals surface area contributed by atoms with Gasteiger partial charge in [0.1, 0.15) is 0 Å². The Hall–Kier alpha value is -0.0400. The van der Waals surface area contributed by atoms with Crippen LogP contribution in [0.5, 0.6) is 0 Å². The summed E-state index contributed by atoms with van der Waals surface area (Å²) in [6.45, 7) is 2.39. The normalized spacial score (nSPS) is 29.6. The van der Waals surface area contributed by atoms with Gasteiger partial charge in [0, 0.05) is 6.04 Å². The van der Waals surface area contributed by atoms with Crippen molar-refractivity contribution in [2.75, 3.05) is 0 Å². The summed E-state index contributed by atoms with van der Waals surface area (Å²) in [6.07, 6.45) is 11.4. The molecule has 0 spiro atoms. The van der Waals surface area contributed by atoms with E-state index in [0.29, 0.717) is 6.04 Å². The number of hydrogen-bond donors (Lipinski definition) is 1. The van der Waals surface area contributed by atoms with Crippen LogP contribution in [0.25, 0.3) is 0 Å². The van der Waals surface area contributed by atoms with Crippen LogP contribution in [0.3, 0.4) is 0 Å². The topological polar surface area (TPSA) is 26.0 Å². The molecule has 0 heterocycles. The van der Waals surface area contributed by atoms with Gasteiger partial charge in [-0.15, -0.1) is 0 Å². The minimum atomic E-state index is 0.501. The Balaban J connectivity index is 1.82. The summed E-state index contributed by atoms with van der Waals surface area (Å²) in [7, 11) is 0. The zero-order valence-corrected chi connectivity index (χ0v) is 9.54. The lowest BCUT2D eigenvalue weighted by atomic mass is 9.69. The highest BCUT2D eigenvalue weighted by Gasteiger charge is 2.32. The smallest absolute Gasteiger partial charge is 0.00956 e. The molecule has 2 saturated carbocycles. The Morgan fingerprint density at radius 3 is 1.93 bits per heavy atom. The van der Waals surface area contributed by atoms with Crippen molar-refractivity contribution >= 4 is 0 Å². The third-order valence-corrected chi connectivity index (χ3v) is 4.69. The molecule has 0 radical (unpaired) electrons. The minimum absolute atomic E-state index is 0.501. The van der Waals surface area contributed by atoms with Crippen molar-refractivity contribution in [2.24, 2.45) is 23.5 Å². The maximum absolute atomic E-state index is 6.40. The molecule has 2 aliphatic carbocycles. The van der Waals surface area contributed by atoms with E-state index in [0.717, 1.165) is 17.8 Å². The minimum Gasteiger partial charge on any atom is -0.327 e. The molecule has 0 aromatic carbocycles. The lowest BCUT2D eigenvalue weighted by molar-refractivity contribution is 0.146. The van der Waals surface area contributed by atoms with Gasteiger partial charge in [0.15, 0.2) is 0 Å². The molecule has 2 atom stereocenters. The quantitative estimate of drug-likeness (QED) is 0.734. The Morgan fingerprint density at radius 1 is 0.857 bits per heavy atom. The van der Waals surface area contributed by atoms with Crippen LogP contribution in [-0.2, 0) is 0 Å². The molecular weight excluding hydrogens is 170 g/mol. The molecule has 0 aliphatic heterocycles. The van der Waals surface area contributed by atoms with Crippen LogP contribution in [0, 0.1) is 17.8 Å². The highest BCUT2D eigenvalue weighted by molar-refractivity contribution is 4.86. The molecule has 2 fully saturated rings. The molecule has 0 saturated heterocycles. The van der Waals surface area contributed by atoms with Gasteiger partial charge < -0.3 is 5.73 Å². The summed E-state index contributed by atoms with van der Waals surface area (Å²) in [5.41, 5.74) is 6.40. The van der Waals surface area contributed by atoms with E-state index in [1.165, 1.54) is 51.4 Å². The standard InChI is InChI=1S/C13H25N/c1-10(11-8-5-9-11)13(14)12-6-3-2-4-7-12/h10-13H,2-9,14H2,1H3. The zero-order valence-electron chi connectivity index (χ0n) is 9.54. The molecule has 2 rings (SSSR count). The van der Waals surface area contributed by atoms with Crippen molar-refractivity contribution < 1.29 is 0 Å². The van der Waals surface area contributed by atoms with Gasteiger partial charge >= 0.3 is 0 Å². The van der Waals surface area contributed by atoms with Crippen LogP contribution < -0.4 is 5.73 Å². The lowest BCUT2D eigenvalue weighted by Crippen LogP contribution is -2.42. The second kappa shape index (κ2) is 4.65. The van der Waals surface area contributed by atoms with Gasteiger partial charge in [-0.05, 0) is 30.6 Å². The van der Waals surface area contributed by atoms with Crippen LogP contribution in [0.1, 0.15) is 58.3 Å². The molecule has 2 unspecified atom stereocenters. The summed E-state index contributed by atoms with van der Waals surface area (Å²) in [5, 5.41) is 0. The van der Waals surface area contributed by atoms with Crippen LogP contribution in [0.15, 0.2) is 0 Å². The van der Waals surface area contributed by atoms with Gasteiger partial charge in [0.2, 0.25) is 0 Å². The van der Waals surface area contributed by atoms with Gasteiger partial charge in [-0.25, -0.2) is 0 Å². The van der Waals surface area contributed by atoms with Crippen LogP contribution in [0.2, 0.25) is 0 Å². The van der Waals surface area contributed by atoms with E-state index in [-0.39, 0.29) is 0 Å². The van der Waals surface area contributed by atoms with Crippen molar-refractivity contribution in [2.45, 2.75) is 64.3 Å². The van der Waals surface area contributed by atoms with Gasteiger partial charge in [0.05, 0.1) is 0 Å². The summed E-state index contributed by atoms with van der Waals surface area (Å²) >= 11 is 0. The van der Waals surface area contributed by atoms with E-state index < -0.39 is 0 Å². The van der Waals surface area contributed by atoms with Crippen molar-refractivity contribution in [1.82, 2.24) is 0 Å². The molecule has 14 heavy (non-hydrogen) atoms. The van der Waals surface area contributed by atoms with E-state index in [9.17, 15) is 0 Å². The summed E-state index contributed by atoms with van der Waals surface area (Å²) < 4.78 is 0. The first-order chi connectivity index (χ1) is 6.79. The molecule has 1 nitrogen and oxygen atoms in total. The third kappa shape index (κ3) is 2.13. The summed E-state index contributed by atoms with van der Waals surface area (Å²) in [6, 6.07) is 0.501. The molecule has 0 bridgehead atoms. The fourth-order valence-electron chi connectivity index (χ4n) is 3.23. The Kier molecular flexibility index (Phi) is 3.48. The highest BCUT2D eigenvalue weighted by atomic mass is 14.7. The van der Waals surface area contributed by atoms with Crippen LogP contribution in [0.4, 0.5) is 0 Å². The predicted octanol–water partition coefficient (Wildman–Crippen LogP) is 3.33. The van der Waals surface area contributed by atoms with Crippen molar-refractivity contribution in [3.63, 3.8) is 0 Å². The summed E-state index contributed by atoms with van der Waals surface area (Å²) in [4.78, 5) is 0. The molecule has 0 aromatic heterocycles. The average molecular weight is 195 g/mol. The van der Waals surface area contributed by atoms with Crippen molar-refractivity contribution in [3.8, 4) is 0 Å². The number of nitrogens with two attached hydrogens (primary N) is 1. The lowest BCUT2D eigenvalue weighted by Gasteiger charge is -2.39. The second-order valence-corrected chi connectivity index (χ2v) is 5.53. The molecule has 82 valence electrons. The Labute approximate surface area is 88.4 Å². The summed E-state index contributed by atoms with van der Waals surface area (Å²) in [5.74, 6) is 2.60. The van der Waals surface area contributed by atoms with Crippen molar-refractivity contribution in [1.29, 1.82) is 0 Å².